The molecule has 1 aliphatic heterocycles. The predicted molar refractivity (Wildman–Crippen MR) is 98.9 cm³/mol. The summed E-state index contributed by atoms with van der Waals surface area (Å²) in [5.41, 5.74) is 1.89. The number of hydrogen-bond donors (Lipinski definition) is 2. The molecule has 4 nitrogen and oxygen atoms in total. The highest BCUT2D eigenvalue weighted by molar-refractivity contribution is 7.80. The van der Waals surface area contributed by atoms with E-state index < -0.39 is 0 Å². The van der Waals surface area contributed by atoms with Crippen molar-refractivity contribution in [3.8, 4) is 0 Å². The highest BCUT2D eigenvalue weighted by atomic mass is 32.1. The SMILES string of the molecule is O=C1CCCN1c1cccc(NC(=S)NC2CCCCCC2)c1. The smallest absolute Gasteiger partial charge is 0.227 e. The minimum absolute atomic E-state index is 0.210. The number of rotatable bonds is 3. The van der Waals surface area contributed by atoms with Crippen molar-refractivity contribution in [1.29, 1.82) is 0 Å². The first-order valence-corrected chi connectivity index (χ1v) is 9.11. The summed E-state index contributed by atoms with van der Waals surface area (Å²) in [7, 11) is 0. The average molecular weight is 331 g/mol. The number of nitrogens with zero attached hydrogens (tertiary/aromatic N) is 1. The first-order valence-electron chi connectivity index (χ1n) is 8.70. The quantitative estimate of drug-likeness (QED) is 0.653. The number of nitrogens with one attached hydrogen (secondary N) is 2. The van der Waals surface area contributed by atoms with Gasteiger partial charge in [0, 0.05) is 30.4 Å². The Morgan fingerprint density at radius 1 is 1.13 bits per heavy atom. The maximum Gasteiger partial charge on any atom is 0.227 e. The van der Waals surface area contributed by atoms with Gasteiger partial charge in [0.25, 0.3) is 0 Å². The number of anilines is 2. The summed E-state index contributed by atoms with van der Waals surface area (Å²) in [6.45, 7) is 0.813. The summed E-state index contributed by atoms with van der Waals surface area (Å²) in [5.74, 6) is 0.210. The first-order chi connectivity index (χ1) is 11.2. The second-order valence-electron chi connectivity index (χ2n) is 6.49. The van der Waals surface area contributed by atoms with Crippen LogP contribution >= 0.6 is 12.2 Å². The third-order valence-corrected chi connectivity index (χ3v) is 4.90. The molecule has 1 saturated carbocycles. The molecule has 0 spiro atoms. The Hall–Kier alpha value is -1.62. The largest absolute Gasteiger partial charge is 0.360 e. The summed E-state index contributed by atoms with van der Waals surface area (Å²) in [4.78, 5) is 13.7. The third-order valence-electron chi connectivity index (χ3n) is 4.68. The molecule has 1 aromatic carbocycles. The minimum atomic E-state index is 0.210. The molecular formula is C18H25N3OS. The highest BCUT2D eigenvalue weighted by Crippen LogP contribution is 2.24. The summed E-state index contributed by atoms with van der Waals surface area (Å²) >= 11 is 5.46. The molecule has 23 heavy (non-hydrogen) atoms. The standard InChI is InChI=1S/C18H25N3OS/c22-17-11-6-12-21(17)16-10-5-9-15(13-16)20-18(23)19-14-7-3-1-2-4-8-14/h5,9-10,13-14H,1-4,6-8,11-12H2,(H2,19,20,23). The van der Waals surface area contributed by atoms with Crippen LogP contribution in [-0.4, -0.2) is 23.6 Å². The summed E-state index contributed by atoms with van der Waals surface area (Å²) in [5, 5.41) is 7.40. The van der Waals surface area contributed by atoms with Crippen LogP contribution in [0.4, 0.5) is 11.4 Å². The van der Waals surface area contributed by atoms with Gasteiger partial charge in [0.1, 0.15) is 0 Å². The molecule has 1 saturated heterocycles. The Labute approximate surface area is 143 Å². The van der Waals surface area contributed by atoms with Crippen molar-refractivity contribution in [2.75, 3.05) is 16.8 Å². The molecule has 1 amide bonds. The Morgan fingerprint density at radius 3 is 2.61 bits per heavy atom. The van der Waals surface area contributed by atoms with Gasteiger partial charge in [-0.2, -0.15) is 0 Å². The van der Waals surface area contributed by atoms with Crippen LogP contribution in [0.2, 0.25) is 0 Å². The molecule has 0 radical (unpaired) electrons. The number of amides is 1. The molecule has 5 heteroatoms. The van der Waals surface area contributed by atoms with E-state index in [9.17, 15) is 4.79 Å². The maximum atomic E-state index is 11.9. The van der Waals surface area contributed by atoms with Gasteiger partial charge in [0.15, 0.2) is 5.11 Å². The van der Waals surface area contributed by atoms with Gasteiger partial charge in [0.05, 0.1) is 0 Å². The number of carbonyl (C=O) groups is 1. The molecule has 2 fully saturated rings. The van der Waals surface area contributed by atoms with Gasteiger partial charge in [0.2, 0.25) is 5.91 Å². The van der Waals surface area contributed by atoms with Crippen LogP contribution in [0.25, 0.3) is 0 Å². The van der Waals surface area contributed by atoms with Crippen molar-refractivity contribution in [1.82, 2.24) is 5.32 Å². The Bertz CT molecular complexity index is 567. The molecule has 1 heterocycles. The van der Waals surface area contributed by atoms with Crippen LogP contribution in [0.3, 0.4) is 0 Å². The van der Waals surface area contributed by atoms with E-state index >= 15 is 0 Å². The van der Waals surface area contributed by atoms with Gasteiger partial charge in [-0.15, -0.1) is 0 Å². The summed E-state index contributed by atoms with van der Waals surface area (Å²) in [6.07, 6.45) is 9.24. The molecule has 1 aliphatic carbocycles. The fourth-order valence-electron chi connectivity index (χ4n) is 3.45. The van der Waals surface area contributed by atoms with Crippen molar-refractivity contribution in [3.63, 3.8) is 0 Å². The second-order valence-corrected chi connectivity index (χ2v) is 6.89. The molecule has 1 aromatic rings. The zero-order chi connectivity index (χ0) is 16.1. The second kappa shape index (κ2) is 7.77. The van der Waals surface area contributed by atoms with Gasteiger partial charge in [-0.25, -0.2) is 0 Å². The monoisotopic (exact) mass is 331 g/mol. The van der Waals surface area contributed by atoms with Crippen LogP contribution in [0.15, 0.2) is 24.3 Å². The number of thiocarbonyl (C=S) groups is 1. The Morgan fingerprint density at radius 2 is 1.91 bits per heavy atom. The molecular weight excluding hydrogens is 306 g/mol. The van der Waals surface area contributed by atoms with Gasteiger partial charge < -0.3 is 15.5 Å². The summed E-state index contributed by atoms with van der Waals surface area (Å²) < 4.78 is 0. The topological polar surface area (TPSA) is 44.4 Å². The van der Waals surface area contributed by atoms with Crippen LogP contribution < -0.4 is 15.5 Å². The van der Waals surface area contributed by atoms with Gasteiger partial charge in [-0.1, -0.05) is 31.7 Å². The normalized spacial score (nSPS) is 19.5. The Balaban J connectivity index is 1.58. The molecule has 0 bridgehead atoms. The zero-order valence-electron chi connectivity index (χ0n) is 13.5. The van der Waals surface area contributed by atoms with Crippen molar-refractivity contribution >= 4 is 34.6 Å². The van der Waals surface area contributed by atoms with Crippen molar-refractivity contribution in [3.05, 3.63) is 24.3 Å². The fourth-order valence-corrected chi connectivity index (χ4v) is 3.73. The van der Waals surface area contributed by atoms with E-state index in [0.717, 1.165) is 24.3 Å². The van der Waals surface area contributed by atoms with Crippen molar-refractivity contribution in [2.24, 2.45) is 0 Å². The fraction of sp³-hybridized carbons (Fsp3) is 0.556. The van der Waals surface area contributed by atoms with E-state index in [4.69, 9.17) is 12.2 Å². The van der Waals surface area contributed by atoms with Crippen LogP contribution in [-0.2, 0) is 4.79 Å². The predicted octanol–water partition coefficient (Wildman–Crippen LogP) is 3.82. The van der Waals surface area contributed by atoms with E-state index in [1.165, 1.54) is 38.5 Å². The molecule has 3 rings (SSSR count). The lowest BCUT2D eigenvalue weighted by Crippen LogP contribution is -2.37. The number of carbonyl (C=O) groups excluding carboxylic acids is 1. The average Bonchev–Trinajstić information content (AvgIpc) is 2.80. The van der Waals surface area contributed by atoms with E-state index in [-0.39, 0.29) is 5.91 Å². The lowest BCUT2D eigenvalue weighted by atomic mass is 10.1. The molecule has 2 aliphatic rings. The maximum absolute atomic E-state index is 11.9. The van der Waals surface area contributed by atoms with Crippen LogP contribution in [0.1, 0.15) is 51.4 Å². The van der Waals surface area contributed by atoms with Crippen molar-refractivity contribution in [2.45, 2.75) is 57.4 Å². The van der Waals surface area contributed by atoms with E-state index in [0.29, 0.717) is 17.6 Å². The van der Waals surface area contributed by atoms with Gasteiger partial charge in [-0.05, 0) is 49.7 Å². The lowest BCUT2D eigenvalue weighted by Gasteiger charge is -2.20. The minimum Gasteiger partial charge on any atom is -0.360 e. The van der Waals surface area contributed by atoms with Crippen molar-refractivity contribution < 1.29 is 4.79 Å². The zero-order valence-corrected chi connectivity index (χ0v) is 14.3. The summed E-state index contributed by atoms with van der Waals surface area (Å²) in [6, 6.07) is 8.43. The van der Waals surface area contributed by atoms with Crippen LogP contribution in [0, 0.1) is 0 Å². The molecule has 124 valence electrons. The van der Waals surface area contributed by atoms with E-state index in [2.05, 4.69) is 10.6 Å². The molecule has 0 atom stereocenters. The molecule has 2 N–H and O–H groups in total. The number of hydrogen-bond acceptors (Lipinski definition) is 2. The molecule has 0 unspecified atom stereocenters. The van der Waals surface area contributed by atoms with E-state index in [1.807, 2.05) is 29.2 Å². The lowest BCUT2D eigenvalue weighted by molar-refractivity contribution is -0.117. The highest BCUT2D eigenvalue weighted by Gasteiger charge is 2.21. The van der Waals surface area contributed by atoms with Gasteiger partial charge in [-0.3, -0.25) is 4.79 Å². The number of benzene rings is 1. The van der Waals surface area contributed by atoms with E-state index in [1.54, 1.807) is 0 Å². The first kappa shape index (κ1) is 16.2. The van der Waals surface area contributed by atoms with Gasteiger partial charge >= 0.3 is 0 Å². The Kier molecular flexibility index (Phi) is 5.49. The third kappa shape index (κ3) is 4.44. The van der Waals surface area contributed by atoms with Crippen LogP contribution in [0.5, 0.6) is 0 Å². The molecule has 0 aromatic heterocycles.